The highest BCUT2D eigenvalue weighted by atomic mass is 16.5. The van der Waals surface area contributed by atoms with E-state index in [1.165, 1.54) is 0 Å². The normalized spacial score (nSPS) is 36.4. The number of carbonyl (C=O) groups is 1. The fourth-order valence-electron chi connectivity index (χ4n) is 1.75. The zero-order valence-corrected chi connectivity index (χ0v) is 9.77. The topological polar surface area (TPSA) is 139 Å². The van der Waals surface area contributed by atoms with Crippen LogP contribution in [0.25, 0.3) is 0 Å². The number of hydrogen-bond acceptors (Lipinski definition) is 7. The highest BCUT2D eigenvalue weighted by Gasteiger charge is 2.43. The molecule has 8 heteroatoms. The van der Waals surface area contributed by atoms with Crippen LogP contribution in [0.1, 0.15) is 6.42 Å². The Balaban J connectivity index is 2.51. The molecule has 0 bridgehead atoms. The molecule has 0 saturated carbocycles. The number of hydrogen-bond donors (Lipinski definition) is 6. The van der Waals surface area contributed by atoms with Gasteiger partial charge in [-0.25, -0.2) is 0 Å². The number of ether oxygens (including phenoxy) is 1. The number of nitrogens with one attached hydrogen (secondary N) is 1. The van der Waals surface area contributed by atoms with Crippen molar-refractivity contribution in [1.29, 1.82) is 0 Å². The molecule has 0 radical (unpaired) electrons. The molecule has 1 aliphatic rings. The molecule has 0 spiro atoms. The van der Waals surface area contributed by atoms with Crippen molar-refractivity contribution in [2.75, 3.05) is 19.8 Å². The van der Waals surface area contributed by atoms with E-state index in [-0.39, 0.29) is 19.6 Å². The summed E-state index contributed by atoms with van der Waals surface area (Å²) in [6.45, 7) is -0.882. The van der Waals surface area contributed by atoms with Gasteiger partial charge in [0.05, 0.1) is 13.2 Å². The van der Waals surface area contributed by atoms with E-state index >= 15 is 0 Å². The summed E-state index contributed by atoms with van der Waals surface area (Å²) < 4.78 is 5.17. The number of aliphatic hydroxyl groups is 5. The molecule has 8 nitrogen and oxygen atoms in total. The minimum Gasteiger partial charge on any atom is -0.396 e. The highest BCUT2D eigenvalue weighted by molar-refractivity contribution is 5.75. The summed E-state index contributed by atoms with van der Waals surface area (Å²) in [5.41, 5.74) is 0. The van der Waals surface area contributed by atoms with Crippen LogP contribution in [0, 0.1) is 0 Å². The third-order valence-corrected chi connectivity index (χ3v) is 2.83. The van der Waals surface area contributed by atoms with Crippen LogP contribution in [-0.2, 0) is 9.53 Å². The van der Waals surface area contributed by atoms with E-state index in [0.717, 1.165) is 0 Å². The van der Waals surface area contributed by atoms with Gasteiger partial charge in [-0.15, -0.1) is 0 Å². The first kappa shape index (κ1) is 15.3. The SMILES string of the molecule is O=C(CCO)NCC1OC(CO)C(O)C(O)C1O. The average molecular weight is 265 g/mol. The van der Waals surface area contributed by atoms with Gasteiger partial charge in [0.15, 0.2) is 0 Å². The second-order valence-electron chi connectivity index (χ2n) is 4.15. The molecule has 1 aliphatic heterocycles. The van der Waals surface area contributed by atoms with Gasteiger partial charge in [-0.05, 0) is 0 Å². The minimum atomic E-state index is -1.45. The first-order valence-electron chi connectivity index (χ1n) is 5.69. The van der Waals surface area contributed by atoms with E-state index in [2.05, 4.69) is 5.32 Å². The highest BCUT2D eigenvalue weighted by Crippen LogP contribution is 2.20. The zero-order chi connectivity index (χ0) is 13.7. The molecule has 1 fully saturated rings. The maximum Gasteiger partial charge on any atom is 0.222 e. The number of rotatable bonds is 5. The van der Waals surface area contributed by atoms with Crippen LogP contribution in [-0.4, -0.2) is 81.7 Å². The van der Waals surface area contributed by atoms with Crippen LogP contribution < -0.4 is 5.32 Å². The lowest BCUT2D eigenvalue weighted by Gasteiger charge is -2.40. The first-order chi connectivity index (χ1) is 8.51. The zero-order valence-electron chi connectivity index (χ0n) is 9.77. The summed E-state index contributed by atoms with van der Waals surface area (Å²) in [5, 5.41) is 48.5. The third-order valence-electron chi connectivity index (χ3n) is 2.83. The summed E-state index contributed by atoms with van der Waals surface area (Å²) in [7, 11) is 0. The molecular weight excluding hydrogens is 246 g/mol. The molecule has 1 saturated heterocycles. The molecule has 1 amide bonds. The summed E-state index contributed by atoms with van der Waals surface area (Å²) >= 11 is 0. The van der Waals surface area contributed by atoms with Crippen molar-refractivity contribution in [1.82, 2.24) is 5.32 Å². The minimum absolute atomic E-state index is 0.0720. The Morgan fingerprint density at radius 3 is 2.22 bits per heavy atom. The predicted molar refractivity (Wildman–Crippen MR) is 58.5 cm³/mol. The smallest absolute Gasteiger partial charge is 0.222 e. The molecule has 5 atom stereocenters. The van der Waals surface area contributed by atoms with Gasteiger partial charge in [-0.1, -0.05) is 0 Å². The predicted octanol–water partition coefficient (Wildman–Crippen LogP) is -3.67. The van der Waals surface area contributed by atoms with Gasteiger partial charge in [0.25, 0.3) is 0 Å². The van der Waals surface area contributed by atoms with Gasteiger partial charge in [-0.3, -0.25) is 4.79 Å². The summed E-state index contributed by atoms with van der Waals surface area (Å²) in [6.07, 6.45) is -6.20. The van der Waals surface area contributed by atoms with Crippen LogP contribution >= 0.6 is 0 Å². The molecule has 1 rings (SSSR count). The summed E-state index contributed by atoms with van der Waals surface area (Å²) in [6, 6.07) is 0. The maximum atomic E-state index is 11.1. The van der Waals surface area contributed by atoms with Crippen LogP contribution in [0.2, 0.25) is 0 Å². The molecule has 5 unspecified atom stereocenters. The van der Waals surface area contributed by atoms with Crippen molar-refractivity contribution in [3.8, 4) is 0 Å². The van der Waals surface area contributed by atoms with Gasteiger partial charge in [0, 0.05) is 13.0 Å². The molecule has 18 heavy (non-hydrogen) atoms. The van der Waals surface area contributed by atoms with Crippen LogP contribution in [0.15, 0.2) is 0 Å². The summed E-state index contributed by atoms with van der Waals surface area (Å²) in [4.78, 5) is 11.1. The van der Waals surface area contributed by atoms with Crippen molar-refractivity contribution in [2.24, 2.45) is 0 Å². The van der Waals surface area contributed by atoms with Crippen LogP contribution in [0.3, 0.4) is 0 Å². The third kappa shape index (κ3) is 3.61. The van der Waals surface area contributed by atoms with Crippen LogP contribution in [0.4, 0.5) is 0 Å². The van der Waals surface area contributed by atoms with E-state index in [1.54, 1.807) is 0 Å². The Morgan fingerprint density at radius 2 is 1.67 bits per heavy atom. The molecule has 106 valence electrons. The molecule has 0 aliphatic carbocycles. The molecule has 0 aromatic rings. The first-order valence-corrected chi connectivity index (χ1v) is 5.69. The number of amides is 1. The molecule has 6 N–H and O–H groups in total. The molecular formula is C10H19NO7. The summed E-state index contributed by atoms with van der Waals surface area (Å²) in [5.74, 6) is -0.422. The molecule has 0 aromatic carbocycles. The Morgan fingerprint density at radius 1 is 1.06 bits per heavy atom. The van der Waals surface area contributed by atoms with Gasteiger partial charge in [-0.2, -0.15) is 0 Å². The lowest BCUT2D eigenvalue weighted by atomic mass is 9.95. The van der Waals surface area contributed by atoms with Gasteiger partial charge in [0.1, 0.15) is 30.5 Å². The van der Waals surface area contributed by atoms with Crippen molar-refractivity contribution in [3.05, 3.63) is 0 Å². The lowest BCUT2D eigenvalue weighted by molar-refractivity contribution is -0.227. The standard InChI is InChI=1S/C10H19NO7/c12-2-1-7(14)11-3-5-8(15)10(17)9(16)6(4-13)18-5/h5-6,8-10,12-13,15-17H,1-4H2,(H,11,14). The Hall–Kier alpha value is -0.770. The van der Waals surface area contributed by atoms with E-state index in [1.807, 2.05) is 0 Å². The number of carbonyl (C=O) groups excluding carboxylic acids is 1. The van der Waals surface area contributed by atoms with E-state index < -0.39 is 43.0 Å². The molecule has 0 aromatic heterocycles. The maximum absolute atomic E-state index is 11.1. The fraction of sp³-hybridized carbons (Fsp3) is 0.900. The van der Waals surface area contributed by atoms with Crippen molar-refractivity contribution in [2.45, 2.75) is 36.9 Å². The second-order valence-corrected chi connectivity index (χ2v) is 4.15. The van der Waals surface area contributed by atoms with E-state index in [0.29, 0.717) is 0 Å². The average Bonchev–Trinajstić information content (AvgIpc) is 2.35. The Bertz CT molecular complexity index is 273. The van der Waals surface area contributed by atoms with Gasteiger partial charge in [0.2, 0.25) is 5.91 Å². The van der Waals surface area contributed by atoms with Crippen LogP contribution in [0.5, 0.6) is 0 Å². The lowest BCUT2D eigenvalue weighted by Crippen LogP contribution is -2.60. The largest absolute Gasteiger partial charge is 0.396 e. The Labute approximate surface area is 104 Å². The quantitative estimate of drug-likeness (QED) is 0.301. The van der Waals surface area contributed by atoms with E-state index in [4.69, 9.17) is 14.9 Å². The Kier molecular flexibility index (Phi) is 5.93. The fourth-order valence-corrected chi connectivity index (χ4v) is 1.75. The van der Waals surface area contributed by atoms with Crippen molar-refractivity contribution < 1.29 is 35.1 Å². The number of aliphatic hydroxyl groups excluding tert-OH is 5. The molecule has 1 heterocycles. The van der Waals surface area contributed by atoms with Crippen molar-refractivity contribution in [3.63, 3.8) is 0 Å². The van der Waals surface area contributed by atoms with E-state index in [9.17, 15) is 20.1 Å². The monoisotopic (exact) mass is 265 g/mol. The van der Waals surface area contributed by atoms with Gasteiger partial charge < -0.3 is 35.6 Å². The van der Waals surface area contributed by atoms with Gasteiger partial charge >= 0.3 is 0 Å². The second kappa shape index (κ2) is 6.98. The van der Waals surface area contributed by atoms with Crippen molar-refractivity contribution >= 4 is 5.91 Å².